The van der Waals surface area contributed by atoms with E-state index < -0.39 is 22.3 Å². The number of aromatic nitrogens is 2. The quantitative estimate of drug-likeness (QED) is 0.432. The summed E-state index contributed by atoms with van der Waals surface area (Å²) in [5.74, 6) is 0.777. The lowest BCUT2D eigenvalue weighted by Crippen LogP contribution is -2.31. The number of halogens is 3. The predicted molar refractivity (Wildman–Crippen MR) is 124 cm³/mol. The first-order valence-corrected chi connectivity index (χ1v) is 11.9. The lowest BCUT2D eigenvalue weighted by Gasteiger charge is -2.21. The van der Waals surface area contributed by atoms with Crippen molar-refractivity contribution in [2.75, 3.05) is 19.5 Å². The third-order valence-electron chi connectivity index (χ3n) is 4.82. The molecule has 2 N–H and O–H groups in total. The zero-order valence-electron chi connectivity index (χ0n) is 19.6. The van der Waals surface area contributed by atoms with Gasteiger partial charge in [0.25, 0.3) is 0 Å². The largest absolute Gasteiger partial charge is 0.497 e. The van der Waals surface area contributed by atoms with Crippen LogP contribution < -0.4 is 24.2 Å². The smallest absolute Gasteiger partial charge is 0.425 e. The van der Waals surface area contributed by atoms with Gasteiger partial charge < -0.3 is 19.5 Å². The molecule has 0 aliphatic carbocycles. The molecule has 0 radical (unpaired) electrons. The van der Waals surface area contributed by atoms with Gasteiger partial charge in [-0.3, -0.25) is 0 Å². The topological polar surface area (TPSA) is 112 Å². The molecule has 0 aliphatic rings. The first kappa shape index (κ1) is 26.3. The van der Waals surface area contributed by atoms with Gasteiger partial charge in [-0.15, -0.1) is 0 Å². The van der Waals surface area contributed by atoms with Crippen LogP contribution >= 0.6 is 0 Å². The lowest BCUT2D eigenvalue weighted by molar-refractivity contribution is -0.189. The fraction of sp³-hybridized carbons (Fsp3) is 0.364. The molecule has 35 heavy (non-hydrogen) atoms. The van der Waals surface area contributed by atoms with Gasteiger partial charge in [0.2, 0.25) is 10.0 Å². The highest BCUT2D eigenvalue weighted by atomic mass is 32.2. The maximum Gasteiger partial charge on any atom is 0.425 e. The van der Waals surface area contributed by atoms with Gasteiger partial charge >= 0.3 is 6.18 Å². The summed E-state index contributed by atoms with van der Waals surface area (Å²) in [5.41, 5.74) is 0.381. The van der Waals surface area contributed by atoms with Crippen molar-refractivity contribution in [3.8, 4) is 17.2 Å². The van der Waals surface area contributed by atoms with E-state index in [0.717, 1.165) is 25.1 Å². The number of ether oxygens (including phenoxy) is 3. The van der Waals surface area contributed by atoms with Gasteiger partial charge in [-0.1, -0.05) is 0 Å². The monoisotopic (exact) mass is 514 g/mol. The second kappa shape index (κ2) is 10.1. The van der Waals surface area contributed by atoms with E-state index in [-0.39, 0.29) is 28.3 Å². The lowest BCUT2D eigenvalue weighted by atomic mass is 10.2. The number of nitrogens with zero attached hydrogens (tertiary/aromatic N) is 2. The Morgan fingerprint density at radius 2 is 1.71 bits per heavy atom. The van der Waals surface area contributed by atoms with Crippen LogP contribution in [0.25, 0.3) is 10.9 Å². The standard InChI is InChI=1S/C22H25F3N4O5S/c1-12(2)33-19-9-14(32-5)8-17-20(19)21(28-11-27-17)29-16-10-15(35(30,31)26-4)6-7-18(16)34-13(3)22(23,24)25/h6-13,26H,1-5H3,(H,27,28,29). The third kappa shape index (κ3) is 6.03. The number of benzene rings is 2. The molecule has 1 unspecified atom stereocenters. The van der Waals surface area contributed by atoms with E-state index in [0.29, 0.717) is 22.4 Å². The van der Waals surface area contributed by atoms with E-state index in [4.69, 9.17) is 14.2 Å². The molecule has 0 aliphatic heterocycles. The number of hydrogen-bond donors (Lipinski definition) is 2. The van der Waals surface area contributed by atoms with Crippen LogP contribution in [-0.4, -0.2) is 50.9 Å². The summed E-state index contributed by atoms with van der Waals surface area (Å²) in [6, 6.07) is 6.71. The molecule has 3 aromatic rings. The Balaban J connectivity index is 2.19. The van der Waals surface area contributed by atoms with Crippen molar-refractivity contribution in [3.63, 3.8) is 0 Å². The molecule has 0 amide bonds. The van der Waals surface area contributed by atoms with E-state index in [1.165, 1.54) is 20.5 Å². The molecule has 0 fully saturated rings. The van der Waals surface area contributed by atoms with Crippen molar-refractivity contribution in [3.05, 3.63) is 36.7 Å². The molecular weight excluding hydrogens is 489 g/mol. The van der Waals surface area contributed by atoms with Crippen LogP contribution in [0.5, 0.6) is 17.2 Å². The van der Waals surface area contributed by atoms with Gasteiger partial charge in [0.15, 0.2) is 6.10 Å². The normalized spacial score (nSPS) is 13.1. The Hall–Kier alpha value is -3.32. The van der Waals surface area contributed by atoms with Crippen LogP contribution in [0.4, 0.5) is 24.7 Å². The summed E-state index contributed by atoms with van der Waals surface area (Å²) in [5, 5.41) is 3.32. The number of sulfonamides is 1. The number of anilines is 2. The average molecular weight is 515 g/mol. The van der Waals surface area contributed by atoms with Gasteiger partial charge in [0.1, 0.15) is 29.4 Å². The highest BCUT2D eigenvalue weighted by Gasteiger charge is 2.38. The van der Waals surface area contributed by atoms with Crippen molar-refractivity contribution in [1.82, 2.24) is 14.7 Å². The average Bonchev–Trinajstić information content (AvgIpc) is 2.78. The number of alkyl halides is 3. The summed E-state index contributed by atoms with van der Waals surface area (Å²) < 4.78 is 82.7. The molecule has 2 aromatic carbocycles. The van der Waals surface area contributed by atoms with E-state index in [9.17, 15) is 21.6 Å². The van der Waals surface area contributed by atoms with E-state index in [1.807, 2.05) is 13.8 Å². The Kier molecular flexibility index (Phi) is 7.60. The fourth-order valence-electron chi connectivity index (χ4n) is 3.07. The number of rotatable bonds is 9. The van der Waals surface area contributed by atoms with Crippen LogP contribution in [0.15, 0.2) is 41.6 Å². The van der Waals surface area contributed by atoms with E-state index >= 15 is 0 Å². The molecular formula is C22H25F3N4O5S. The number of hydrogen-bond acceptors (Lipinski definition) is 8. The summed E-state index contributed by atoms with van der Waals surface area (Å²) in [6.07, 6.45) is -5.77. The minimum atomic E-state index is -4.64. The maximum atomic E-state index is 13.2. The van der Waals surface area contributed by atoms with Gasteiger partial charge in [0, 0.05) is 12.1 Å². The van der Waals surface area contributed by atoms with Crippen LogP contribution in [0, 0.1) is 0 Å². The van der Waals surface area contributed by atoms with E-state index in [2.05, 4.69) is 20.0 Å². The van der Waals surface area contributed by atoms with Crippen molar-refractivity contribution < 1.29 is 35.8 Å². The van der Waals surface area contributed by atoms with Crippen LogP contribution in [0.3, 0.4) is 0 Å². The minimum absolute atomic E-state index is 0.0521. The first-order valence-electron chi connectivity index (χ1n) is 10.4. The summed E-state index contributed by atoms with van der Waals surface area (Å²) in [4.78, 5) is 8.27. The summed E-state index contributed by atoms with van der Waals surface area (Å²) in [7, 11) is -1.20. The molecule has 1 aromatic heterocycles. The molecule has 9 nitrogen and oxygen atoms in total. The first-order chi connectivity index (χ1) is 16.4. The molecule has 3 rings (SSSR count). The highest BCUT2D eigenvalue weighted by molar-refractivity contribution is 7.89. The molecule has 0 spiro atoms. The summed E-state index contributed by atoms with van der Waals surface area (Å²) >= 11 is 0. The molecule has 190 valence electrons. The van der Waals surface area contributed by atoms with Gasteiger partial charge in [-0.05, 0) is 46.0 Å². The van der Waals surface area contributed by atoms with E-state index in [1.54, 1.807) is 12.1 Å². The predicted octanol–water partition coefficient (Wildman–Crippen LogP) is 4.41. The van der Waals surface area contributed by atoms with Crippen LogP contribution in [-0.2, 0) is 10.0 Å². The molecule has 0 saturated carbocycles. The number of nitrogens with one attached hydrogen (secondary N) is 2. The Morgan fingerprint density at radius 3 is 2.31 bits per heavy atom. The van der Waals surface area contributed by atoms with Crippen LogP contribution in [0.1, 0.15) is 20.8 Å². The molecule has 1 atom stereocenters. The second-order valence-electron chi connectivity index (χ2n) is 7.70. The number of fused-ring (bicyclic) bond motifs is 1. The fourth-order valence-corrected chi connectivity index (χ4v) is 3.82. The molecule has 13 heteroatoms. The number of methoxy groups -OCH3 is 1. The van der Waals surface area contributed by atoms with Gasteiger partial charge in [-0.25, -0.2) is 23.1 Å². The molecule has 0 bridgehead atoms. The third-order valence-corrected chi connectivity index (χ3v) is 6.23. The van der Waals surface area contributed by atoms with Crippen molar-refractivity contribution in [2.24, 2.45) is 0 Å². The molecule has 1 heterocycles. The second-order valence-corrected chi connectivity index (χ2v) is 9.59. The van der Waals surface area contributed by atoms with Gasteiger partial charge in [0.05, 0.1) is 34.7 Å². The van der Waals surface area contributed by atoms with Crippen molar-refractivity contribution in [1.29, 1.82) is 0 Å². The maximum absolute atomic E-state index is 13.2. The SMILES string of the molecule is CNS(=O)(=O)c1ccc(OC(C)C(F)(F)F)c(Nc2ncnc3cc(OC)cc(OC(C)C)c23)c1. The zero-order chi connectivity index (χ0) is 26.0. The van der Waals surface area contributed by atoms with Gasteiger partial charge in [-0.2, -0.15) is 13.2 Å². The minimum Gasteiger partial charge on any atom is -0.497 e. The Labute approximate surface area is 200 Å². The highest BCUT2D eigenvalue weighted by Crippen LogP contribution is 2.39. The molecule has 0 saturated heterocycles. The Bertz CT molecular complexity index is 1320. The Morgan fingerprint density at radius 1 is 1.00 bits per heavy atom. The summed E-state index contributed by atoms with van der Waals surface area (Å²) in [6.45, 7) is 4.49. The van der Waals surface area contributed by atoms with Crippen LogP contribution in [0.2, 0.25) is 0 Å². The van der Waals surface area contributed by atoms with Crippen molar-refractivity contribution >= 4 is 32.4 Å². The zero-order valence-corrected chi connectivity index (χ0v) is 20.4. The van der Waals surface area contributed by atoms with Crippen molar-refractivity contribution in [2.45, 2.75) is 44.1 Å².